The molecular formula is C16H18N2O3. The number of aromatic nitrogens is 2. The summed E-state index contributed by atoms with van der Waals surface area (Å²) in [5, 5.41) is 8.95. The highest BCUT2D eigenvalue weighted by atomic mass is 16.5. The molecule has 0 saturated carbocycles. The van der Waals surface area contributed by atoms with E-state index in [1.54, 1.807) is 6.92 Å². The third kappa shape index (κ3) is 3.56. The van der Waals surface area contributed by atoms with Crippen molar-refractivity contribution in [1.82, 2.24) is 9.97 Å². The third-order valence-corrected chi connectivity index (χ3v) is 3.16. The van der Waals surface area contributed by atoms with Crippen LogP contribution < -0.4 is 4.74 Å². The molecule has 110 valence electrons. The van der Waals surface area contributed by atoms with Crippen LogP contribution in [0.15, 0.2) is 30.5 Å². The second-order valence-electron chi connectivity index (χ2n) is 5.07. The molecule has 1 aromatic carbocycles. The monoisotopic (exact) mass is 286 g/mol. The van der Waals surface area contributed by atoms with E-state index >= 15 is 0 Å². The number of carbonyl (C=O) groups is 1. The highest BCUT2D eigenvalue weighted by Crippen LogP contribution is 2.26. The Morgan fingerprint density at radius 2 is 2.05 bits per heavy atom. The van der Waals surface area contributed by atoms with Crippen molar-refractivity contribution >= 4 is 5.97 Å². The Morgan fingerprint density at radius 3 is 2.67 bits per heavy atom. The van der Waals surface area contributed by atoms with Gasteiger partial charge in [-0.1, -0.05) is 32.0 Å². The Balaban J connectivity index is 2.14. The molecule has 0 radical (unpaired) electrons. The number of para-hydroxylation sites is 1. The normalized spacial score (nSPS) is 10.7. The Labute approximate surface area is 123 Å². The number of aromatic carboxylic acids is 1. The summed E-state index contributed by atoms with van der Waals surface area (Å²) in [6.07, 6.45) is 1.32. The minimum absolute atomic E-state index is 0.112. The standard InChI is InChI=1S/C16H18N2O3/c1-10(2)12-6-4-5-7-14(12)21-9-15-17-8-13(16(19)20)11(3)18-15/h4-8,10H,9H2,1-3H3,(H,19,20). The Morgan fingerprint density at radius 1 is 1.33 bits per heavy atom. The first kappa shape index (κ1) is 15.0. The number of nitrogens with zero attached hydrogens (tertiary/aromatic N) is 2. The van der Waals surface area contributed by atoms with Crippen LogP contribution in [0.4, 0.5) is 0 Å². The second kappa shape index (κ2) is 6.35. The molecule has 2 rings (SSSR count). The quantitative estimate of drug-likeness (QED) is 0.913. The summed E-state index contributed by atoms with van der Waals surface area (Å²) in [7, 11) is 0. The van der Waals surface area contributed by atoms with Gasteiger partial charge in [-0.3, -0.25) is 0 Å². The first-order valence-electron chi connectivity index (χ1n) is 6.76. The number of carboxylic acids is 1. The number of aryl methyl sites for hydroxylation is 1. The van der Waals surface area contributed by atoms with Crippen LogP contribution in [0.3, 0.4) is 0 Å². The molecule has 0 aliphatic rings. The molecular weight excluding hydrogens is 268 g/mol. The van der Waals surface area contributed by atoms with Crippen molar-refractivity contribution in [3.63, 3.8) is 0 Å². The summed E-state index contributed by atoms with van der Waals surface area (Å²) >= 11 is 0. The number of hydrogen-bond acceptors (Lipinski definition) is 4. The fourth-order valence-electron chi connectivity index (χ4n) is 2.03. The van der Waals surface area contributed by atoms with E-state index in [-0.39, 0.29) is 12.2 Å². The molecule has 0 unspecified atom stereocenters. The summed E-state index contributed by atoms with van der Waals surface area (Å²) in [5.74, 6) is 0.607. The zero-order chi connectivity index (χ0) is 15.4. The van der Waals surface area contributed by atoms with E-state index in [0.29, 0.717) is 17.4 Å². The molecule has 21 heavy (non-hydrogen) atoms. The van der Waals surface area contributed by atoms with E-state index in [1.807, 2.05) is 24.3 Å². The van der Waals surface area contributed by atoms with Crippen molar-refractivity contribution in [3.05, 3.63) is 53.1 Å². The van der Waals surface area contributed by atoms with Gasteiger partial charge in [0, 0.05) is 6.20 Å². The van der Waals surface area contributed by atoms with E-state index in [9.17, 15) is 4.79 Å². The van der Waals surface area contributed by atoms with Crippen LogP contribution in [-0.2, 0) is 6.61 Å². The lowest BCUT2D eigenvalue weighted by Crippen LogP contribution is -2.09. The summed E-state index contributed by atoms with van der Waals surface area (Å²) in [6.45, 7) is 6.07. The number of carboxylic acid groups (broad SMARTS) is 1. The van der Waals surface area contributed by atoms with Gasteiger partial charge in [0.25, 0.3) is 0 Å². The lowest BCUT2D eigenvalue weighted by Gasteiger charge is -2.13. The minimum atomic E-state index is -1.02. The van der Waals surface area contributed by atoms with Crippen LogP contribution >= 0.6 is 0 Å². The fourth-order valence-corrected chi connectivity index (χ4v) is 2.03. The molecule has 0 saturated heterocycles. The van der Waals surface area contributed by atoms with E-state index in [1.165, 1.54) is 6.20 Å². The van der Waals surface area contributed by atoms with E-state index in [4.69, 9.17) is 9.84 Å². The van der Waals surface area contributed by atoms with Crippen LogP contribution in [0.5, 0.6) is 5.75 Å². The Hall–Kier alpha value is -2.43. The number of ether oxygens (including phenoxy) is 1. The van der Waals surface area contributed by atoms with Gasteiger partial charge in [-0.25, -0.2) is 14.8 Å². The topological polar surface area (TPSA) is 72.3 Å². The molecule has 0 spiro atoms. The van der Waals surface area contributed by atoms with Crippen molar-refractivity contribution in [3.8, 4) is 5.75 Å². The third-order valence-electron chi connectivity index (χ3n) is 3.16. The molecule has 0 aliphatic carbocycles. The smallest absolute Gasteiger partial charge is 0.339 e. The van der Waals surface area contributed by atoms with Gasteiger partial charge >= 0.3 is 5.97 Å². The average Bonchev–Trinajstić information content (AvgIpc) is 2.45. The van der Waals surface area contributed by atoms with Crippen molar-refractivity contribution < 1.29 is 14.6 Å². The SMILES string of the molecule is Cc1nc(COc2ccccc2C(C)C)ncc1C(=O)O. The molecule has 0 aliphatic heterocycles. The predicted octanol–water partition coefficient (Wildman–Crippen LogP) is 3.19. The maximum atomic E-state index is 10.9. The van der Waals surface area contributed by atoms with Crippen molar-refractivity contribution in [2.75, 3.05) is 0 Å². The van der Waals surface area contributed by atoms with E-state index in [2.05, 4.69) is 23.8 Å². The van der Waals surface area contributed by atoms with Gasteiger partial charge < -0.3 is 9.84 Å². The Kier molecular flexibility index (Phi) is 4.52. The first-order valence-corrected chi connectivity index (χ1v) is 6.76. The van der Waals surface area contributed by atoms with Gasteiger partial charge in [-0.15, -0.1) is 0 Å². The predicted molar refractivity (Wildman–Crippen MR) is 78.6 cm³/mol. The van der Waals surface area contributed by atoms with Crippen LogP contribution in [-0.4, -0.2) is 21.0 Å². The summed E-state index contributed by atoms with van der Waals surface area (Å²) < 4.78 is 5.77. The van der Waals surface area contributed by atoms with Gasteiger partial charge in [0.05, 0.1) is 11.3 Å². The van der Waals surface area contributed by atoms with Gasteiger partial charge in [0.2, 0.25) is 0 Å². The van der Waals surface area contributed by atoms with Crippen molar-refractivity contribution in [1.29, 1.82) is 0 Å². The summed E-state index contributed by atoms with van der Waals surface area (Å²) in [4.78, 5) is 19.1. The number of benzene rings is 1. The summed E-state index contributed by atoms with van der Waals surface area (Å²) in [6, 6.07) is 7.83. The van der Waals surface area contributed by atoms with Crippen LogP contribution in [0.2, 0.25) is 0 Å². The van der Waals surface area contributed by atoms with Crippen LogP contribution in [0.25, 0.3) is 0 Å². The van der Waals surface area contributed by atoms with Crippen molar-refractivity contribution in [2.45, 2.75) is 33.3 Å². The number of hydrogen-bond donors (Lipinski definition) is 1. The summed E-state index contributed by atoms with van der Waals surface area (Å²) in [5.41, 5.74) is 1.67. The Bertz CT molecular complexity index is 654. The van der Waals surface area contributed by atoms with Gasteiger partial charge in [0.1, 0.15) is 12.4 Å². The number of rotatable bonds is 5. The zero-order valence-electron chi connectivity index (χ0n) is 12.3. The van der Waals surface area contributed by atoms with Gasteiger partial charge in [0.15, 0.2) is 5.82 Å². The largest absolute Gasteiger partial charge is 0.485 e. The molecule has 1 aromatic heterocycles. The maximum absolute atomic E-state index is 10.9. The molecule has 1 heterocycles. The molecule has 0 fully saturated rings. The fraction of sp³-hybridized carbons (Fsp3) is 0.312. The van der Waals surface area contributed by atoms with Crippen molar-refractivity contribution in [2.24, 2.45) is 0 Å². The van der Waals surface area contributed by atoms with Gasteiger partial charge in [-0.2, -0.15) is 0 Å². The molecule has 5 nitrogen and oxygen atoms in total. The molecule has 0 atom stereocenters. The lowest BCUT2D eigenvalue weighted by atomic mass is 10.0. The van der Waals surface area contributed by atoms with Gasteiger partial charge in [-0.05, 0) is 24.5 Å². The van der Waals surface area contributed by atoms with E-state index in [0.717, 1.165) is 11.3 Å². The lowest BCUT2D eigenvalue weighted by molar-refractivity contribution is 0.0695. The maximum Gasteiger partial charge on any atom is 0.339 e. The highest BCUT2D eigenvalue weighted by molar-refractivity contribution is 5.88. The average molecular weight is 286 g/mol. The highest BCUT2D eigenvalue weighted by Gasteiger charge is 2.11. The van der Waals surface area contributed by atoms with Crippen LogP contribution in [0, 0.1) is 6.92 Å². The second-order valence-corrected chi connectivity index (χ2v) is 5.07. The molecule has 1 N–H and O–H groups in total. The molecule has 0 bridgehead atoms. The zero-order valence-corrected chi connectivity index (χ0v) is 12.3. The minimum Gasteiger partial charge on any atom is -0.485 e. The van der Waals surface area contributed by atoms with E-state index < -0.39 is 5.97 Å². The molecule has 2 aromatic rings. The molecule has 5 heteroatoms. The van der Waals surface area contributed by atoms with Crippen LogP contribution in [0.1, 0.15) is 47.2 Å². The molecule has 0 amide bonds. The first-order chi connectivity index (χ1) is 9.99.